The highest BCUT2D eigenvalue weighted by molar-refractivity contribution is 5.91. The third-order valence-corrected chi connectivity index (χ3v) is 2.93. The highest BCUT2D eigenvalue weighted by atomic mass is 16.5. The van der Waals surface area contributed by atoms with Gasteiger partial charge in [-0.25, -0.2) is 0 Å². The average Bonchev–Trinajstić information content (AvgIpc) is 2.98. The fraction of sp³-hybridized carbons (Fsp3) is 0.286. The number of hydrogen-bond acceptors (Lipinski definition) is 4. The van der Waals surface area contributed by atoms with Crippen LogP contribution in [-0.2, 0) is 0 Å². The van der Waals surface area contributed by atoms with E-state index >= 15 is 0 Å². The van der Waals surface area contributed by atoms with Crippen LogP contribution in [0.15, 0.2) is 47.2 Å². The molecule has 2 N–H and O–H groups in total. The molecule has 2 aromatic rings. The van der Waals surface area contributed by atoms with Crippen LogP contribution in [0.3, 0.4) is 0 Å². The average molecular weight is 260 g/mol. The first-order chi connectivity index (χ1) is 9.31. The molecule has 1 unspecified atom stereocenters. The van der Waals surface area contributed by atoms with Gasteiger partial charge in [-0.3, -0.25) is 4.79 Å². The zero-order valence-corrected chi connectivity index (χ0v) is 10.5. The maximum Gasteiger partial charge on any atom is 0.273 e. The van der Waals surface area contributed by atoms with E-state index in [2.05, 4.69) is 15.0 Å². The van der Waals surface area contributed by atoms with Crippen LogP contribution < -0.4 is 5.32 Å². The Balaban J connectivity index is 1.96. The third kappa shape index (κ3) is 3.66. The molecule has 0 radical (unpaired) electrons. The maximum atomic E-state index is 11.7. The molecule has 0 fully saturated rings. The quantitative estimate of drug-likeness (QED) is 0.826. The minimum Gasteiger partial charge on any atom is -0.396 e. The number of aromatic nitrogens is 1. The van der Waals surface area contributed by atoms with Gasteiger partial charge < -0.3 is 14.9 Å². The van der Waals surface area contributed by atoms with Crippen LogP contribution in [0, 0.1) is 0 Å². The van der Waals surface area contributed by atoms with Crippen molar-refractivity contribution in [2.45, 2.75) is 12.3 Å². The van der Waals surface area contributed by atoms with Gasteiger partial charge >= 0.3 is 0 Å². The van der Waals surface area contributed by atoms with Gasteiger partial charge in [0.25, 0.3) is 5.91 Å². The molecule has 5 heteroatoms. The summed E-state index contributed by atoms with van der Waals surface area (Å²) in [6.07, 6.45) is 1.96. The number of aliphatic hydroxyl groups is 1. The summed E-state index contributed by atoms with van der Waals surface area (Å²) in [6.45, 7) is 0.537. The van der Waals surface area contributed by atoms with E-state index in [0.717, 1.165) is 5.56 Å². The summed E-state index contributed by atoms with van der Waals surface area (Å²) < 4.78 is 4.62. The minimum atomic E-state index is -0.271. The molecule has 0 saturated carbocycles. The van der Waals surface area contributed by atoms with Crippen LogP contribution in [0.5, 0.6) is 0 Å². The van der Waals surface area contributed by atoms with Crippen molar-refractivity contribution in [3.8, 4) is 0 Å². The van der Waals surface area contributed by atoms with E-state index in [9.17, 15) is 4.79 Å². The molecule has 0 spiro atoms. The van der Waals surface area contributed by atoms with E-state index in [1.54, 1.807) is 0 Å². The summed E-state index contributed by atoms with van der Waals surface area (Å²) in [7, 11) is 0. The summed E-state index contributed by atoms with van der Waals surface area (Å²) in [5.74, 6) is -0.185. The van der Waals surface area contributed by atoms with Gasteiger partial charge in [-0.1, -0.05) is 35.5 Å². The lowest BCUT2D eigenvalue weighted by Gasteiger charge is -2.16. The molecule has 100 valence electrons. The van der Waals surface area contributed by atoms with Gasteiger partial charge in [0.05, 0.1) is 0 Å². The number of nitrogens with zero attached hydrogens (tertiary/aromatic N) is 1. The molecule has 0 aliphatic carbocycles. The summed E-state index contributed by atoms with van der Waals surface area (Å²) in [5, 5.41) is 15.5. The van der Waals surface area contributed by atoms with Crippen molar-refractivity contribution < 1.29 is 14.4 Å². The predicted molar refractivity (Wildman–Crippen MR) is 69.7 cm³/mol. The van der Waals surface area contributed by atoms with Crippen LogP contribution in [0.25, 0.3) is 0 Å². The SMILES string of the molecule is O=C(NCC(CCO)c1ccccc1)c1ccon1. The number of rotatable bonds is 6. The van der Waals surface area contributed by atoms with Crippen molar-refractivity contribution in [1.29, 1.82) is 0 Å². The Kier molecular flexibility index (Phi) is 4.69. The molecule has 5 nitrogen and oxygen atoms in total. The lowest BCUT2D eigenvalue weighted by Crippen LogP contribution is -2.29. The number of benzene rings is 1. The minimum absolute atomic E-state index is 0.0827. The fourth-order valence-corrected chi connectivity index (χ4v) is 1.90. The van der Waals surface area contributed by atoms with E-state index in [-0.39, 0.29) is 24.1 Å². The van der Waals surface area contributed by atoms with Crippen LogP contribution in [0.4, 0.5) is 0 Å². The Bertz CT molecular complexity index is 497. The Morgan fingerprint density at radius 2 is 2.11 bits per heavy atom. The fourth-order valence-electron chi connectivity index (χ4n) is 1.90. The predicted octanol–water partition coefficient (Wildman–Crippen LogP) is 1.57. The smallest absolute Gasteiger partial charge is 0.273 e. The standard InChI is InChI=1S/C14H16N2O3/c17-8-6-12(11-4-2-1-3-5-11)10-15-14(18)13-7-9-19-16-13/h1-5,7,9,12,17H,6,8,10H2,(H,15,18). The van der Waals surface area contributed by atoms with Crippen LogP contribution >= 0.6 is 0 Å². The van der Waals surface area contributed by atoms with Gasteiger partial charge in [0.1, 0.15) is 6.26 Å². The Morgan fingerprint density at radius 1 is 1.32 bits per heavy atom. The van der Waals surface area contributed by atoms with E-state index < -0.39 is 0 Å². The Morgan fingerprint density at radius 3 is 2.74 bits per heavy atom. The molecular weight excluding hydrogens is 244 g/mol. The van der Waals surface area contributed by atoms with Crippen LogP contribution in [0.2, 0.25) is 0 Å². The zero-order valence-electron chi connectivity index (χ0n) is 10.5. The molecule has 1 aromatic carbocycles. The van der Waals surface area contributed by atoms with E-state index in [0.29, 0.717) is 13.0 Å². The second-order valence-electron chi connectivity index (χ2n) is 4.21. The van der Waals surface area contributed by atoms with Crippen molar-refractivity contribution in [1.82, 2.24) is 10.5 Å². The monoisotopic (exact) mass is 260 g/mol. The normalized spacial score (nSPS) is 12.1. The summed E-state index contributed by atoms with van der Waals surface area (Å²) in [6, 6.07) is 11.3. The van der Waals surface area contributed by atoms with Crippen molar-refractivity contribution in [2.24, 2.45) is 0 Å². The van der Waals surface area contributed by atoms with E-state index in [1.807, 2.05) is 30.3 Å². The number of aliphatic hydroxyl groups excluding tert-OH is 1. The number of amides is 1. The highest BCUT2D eigenvalue weighted by Crippen LogP contribution is 2.18. The number of carbonyl (C=O) groups excluding carboxylic acids is 1. The topological polar surface area (TPSA) is 75.4 Å². The molecule has 0 aliphatic heterocycles. The number of carbonyl (C=O) groups is 1. The first kappa shape index (κ1) is 13.3. The third-order valence-electron chi connectivity index (χ3n) is 2.93. The molecule has 0 bridgehead atoms. The van der Waals surface area contributed by atoms with Crippen LogP contribution in [0.1, 0.15) is 28.4 Å². The van der Waals surface area contributed by atoms with Gasteiger partial charge in [0.15, 0.2) is 5.69 Å². The van der Waals surface area contributed by atoms with E-state index in [4.69, 9.17) is 5.11 Å². The van der Waals surface area contributed by atoms with Crippen molar-refractivity contribution in [3.63, 3.8) is 0 Å². The molecule has 1 atom stereocenters. The second-order valence-corrected chi connectivity index (χ2v) is 4.21. The summed E-state index contributed by atoms with van der Waals surface area (Å²) >= 11 is 0. The number of nitrogens with one attached hydrogen (secondary N) is 1. The van der Waals surface area contributed by atoms with Crippen molar-refractivity contribution in [3.05, 3.63) is 53.9 Å². The van der Waals surface area contributed by atoms with E-state index in [1.165, 1.54) is 12.3 Å². The largest absolute Gasteiger partial charge is 0.396 e. The Labute approximate surface area is 111 Å². The van der Waals surface area contributed by atoms with Gasteiger partial charge in [0.2, 0.25) is 0 Å². The lowest BCUT2D eigenvalue weighted by molar-refractivity contribution is 0.0940. The summed E-state index contributed by atoms with van der Waals surface area (Å²) in [4.78, 5) is 11.7. The molecule has 1 heterocycles. The second kappa shape index (κ2) is 6.70. The molecular formula is C14H16N2O3. The van der Waals surface area contributed by atoms with Crippen LogP contribution in [-0.4, -0.2) is 29.3 Å². The lowest BCUT2D eigenvalue weighted by atomic mass is 9.96. The zero-order chi connectivity index (χ0) is 13.5. The molecule has 0 saturated heterocycles. The molecule has 1 amide bonds. The molecule has 1 aromatic heterocycles. The van der Waals surface area contributed by atoms with Crippen molar-refractivity contribution in [2.75, 3.05) is 13.2 Å². The molecule has 2 rings (SSSR count). The van der Waals surface area contributed by atoms with Crippen molar-refractivity contribution >= 4 is 5.91 Å². The van der Waals surface area contributed by atoms with Gasteiger partial charge in [-0.05, 0) is 12.0 Å². The molecule has 0 aliphatic rings. The van der Waals surface area contributed by atoms with Gasteiger partial charge in [0, 0.05) is 25.1 Å². The number of hydrogen-bond donors (Lipinski definition) is 2. The summed E-state index contributed by atoms with van der Waals surface area (Å²) in [5.41, 5.74) is 1.35. The Hall–Kier alpha value is -2.14. The first-order valence-electron chi connectivity index (χ1n) is 6.15. The highest BCUT2D eigenvalue weighted by Gasteiger charge is 2.14. The molecule has 19 heavy (non-hydrogen) atoms. The first-order valence-corrected chi connectivity index (χ1v) is 6.15. The van der Waals surface area contributed by atoms with Gasteiger partial charge in [-0.2, -0.15) is 0 Å². The van der Waals surface area contributed by atoms with Gasteiger partial charge in [-0.15, -0.1) is 0 Å². The maximum absolute atomic E-state index is 11.7.